The van der Waals surface area contributed by atoms with Crippen molar-refractivity contribution in [1.82, 2.24) is 10.1 Å². The van der Waals surface area contributed by atoms with Gasteiger partial charge in [-0.05, 0) is 25.2 Å². The average Bonchev–Trinajstić information content (AvgIpc) is 2.85. The predicted octanol–water partition coefficient (Wildman–Crippen LogP) is 3.92. The maximum Gasteiger partial charge on any atom is 0.226 e. The van der Waals surface area contributed by atoms with E-state index in [1.807, 2.05) is 0 Å². The Morgan fingerprint density at radius 3 is 3.06 bits per heavy atom. The number of nitrogens with zero attached hydrogens (tertiary/aromatic N) is 2. The summed E-state index contributed by atoms with van der Waals surface area (Å²) in [4.78, 5) is 4.50. The molecule has 0 amide bonds. The Bertz CT molecular complexity index is 340. The Hall–Kier alpha value is -0.570. The van der Waals surface area contributed by atoms with E-state index in [4.69, 9.17) is 16.1 Å². The fraction of sp³-hybridized carbons (Fsp3) is 0.846. The lowest BCUT2D eigenvalue weighted by Crippen LogP contribution is -2.14. The van der Waals surface area contributed by atoms with Crippen molar-refractivity contribution in [3.63, 3.8) is 0 Å². The highest BCUT2D eigenvalue weighted by Gasteiger charge is 2.25. The van der Waals surface area contributed by atoms with Crippen molar-refractivity contribution in [3.05, 3.63) is 11.7 Å². The van der Waals surface area contributed by atoms with Gasteiger partial charge in [0.25, 0.3) is 0 Å². The molecule has 1 heterocycles. The zero-order valence-corrected chi connectivity index (χ0v) is 11.2. The quantitative estimate of drug-likeness (QED) is 0.750. The second kappa shape index (κ2) is 6.39. The van der Waals surface area contributed by atoms with Crippen molar-refractivity contribution in [3.8, 4) is 0 Å². The first kappa shape index (κ1) is 12.9. The number of aryl methyl sites for hydroxylation is 1. The van der Waals surface area contributed by atoms with Crippen LogP contribution in [0.1, 0.15) is 63.1 Å². The van der Waals surface area contributed by atoms with Crippen LogP contribution in [0.5, 0.6) is 0 Å². The maximum atomic E-state index is 5.65. The molecule has 17 heavy (non-hydrogen) atoms. The molecule has 0 N–H and O–H groups in total. The molecule has 0 aromatic carbocycles. The summed E-state index contributed by atoms with van der Waals surface area (Å²) in [5, 5.41) is 4.13. The van der Waals surface area contributed by atoms with Gasteiger partial charge in [0.2, 0.25) is 5.89 Å². The first-order valence-electron chi connectivity index (χ1n) is 6.72. The van der Waals surface area contributed by atoms with Gasteiger partial charge in [0.1, 0.15) is 0 Å². The second-order valence-electron chi connectivity index (χ2n) is 4.98. The molecule has 0 radical (unpaired) electrons. The molecule has 96 valence electrons. The summed E-state index contributed by atoms with van der Waals surface area (Å²) in [6, 6.07) is 0. The third-order valence-corrected chi connectivity index (χ3v) is 4.00. The van der Waals surface area contributed by atoms with Gasteiger partial charge >= 0.3 is 0 Å². The number of halogens is 1. The zero-order chi connectivity index (χ0) is 12.1. The van der Waals surface area contributed by atoms with E-state index in [1.54, 1.807) is 0 Å². The molecule has 3 nitrogen and oxygen atoms in total. The van der Waals surface area contributed by atoms with E-state index in [0.29, 0.717) is 11.8 Å². The molecule has 1 aromatic rings. The van der Waals surface area contributed by atoms with Crippen LogP contribution in [0.2, 0.25) is 0 Å². The van der Waals surface area contributed by atoms with E-state index >= 15 is 0 Å². The van der Waals surface area contributed by atoms with Gasteiger partial charge in [0.05, 0.1) is 0 Å². The summed E-state index contributed by atoms with van der Waals surface area (Å²) in [6.07, 6.45) is 8.09. The van der Waals surface area contributed by atoms with Gasteiger partial charge in [-0.2, -0.15) is 4.98 Å². The van der Waals surface area contributed by atoms with Crippen LogP contribution in [0.15, 0.2) is 4.52 Å². The number of aromatic nitrogens is 2. The number of alkyl halides is 1. The summed E-state index contributed by atoms with van der Waals surface area (Å²) >= 11 is 5.65. The van der Waals surface area contributed by atoms with Crippen LogP contribution in [0, 0.1) is 5.92 Å². The van der Waals surface area contributed by atoms with Crippen LogP contribution in [0.4, 0.5) is 0 Å². The van der Waals surface area contributed by atoms with Crippen LogP contribution >= 0.6 is 11.6 Å². The molecule has 2 atom stereocenters. The Morgan fingerprint density at radius 1 is 1.41 bits per heavy atom. The lowest BCUT2D eigenvalue weighted by atomic mass is 9.80. The third-order valence-electron chi connectivity index (χ3n) is 3.73. The SMILES string of the molecule is CCC1CCCC(c2noc(CCCCl)n2)C1. The summed E-state index contributed by atoms with van der Waals surface area (Å²) in [6.45, 7) is 2.27. The molecule has 1 saturated carbocycles. The Morgan fingerprint density at radius 2 is 2.29 bits per heavy atom. The standard InChI is InChI=1S/C13H21ClN2O/c1-2-10-5-3-6-11(9-10)13-15-12(17-16-13)7-4-8-14/h10-11H,2-9H2,1H3. The monoisotopic (exact) mass is 256 g/mol. The second-order valence-corrected chi connectivity index (χ2v) is 5.35. The van der Waals surface area contributed by atoms with Crippen molar-refractivity contribution in [2.75, 3.05) is 5.88 Å². The minimum Gasteiger partial charge on any atom is -0.339 e. The first-order chi connectivity index (χ1) is 8.33. The van der Waals surface area contributed by atoms with E-state index in [1.165, 1.54) is 32.1 Å². The summed E-state index contributed by atoms with van der Waals surface area (Å²) in [5.74, 6) is 3.69. The Kier molecular flexibility index (Phi) is 4.84. The van der Waals surface area contributed by atoms with Crippen molar-refractivity contribution in [1.29, 1.82) is 0 Å². The van der Waals surface area contributed by atoms with Crippen molar-refractivity contribution < 1.29 is 4.52 Å². The van der Waals surface area contributed by atoms with Crippen LogP contribution < -0.4 is 0 Å². The van der Waals surface area contributed by atoms with E-state index in [-0.39, 0.29) is 0 Å². The molecule has 4 heteroatoms. The Balaban J connectivity index is 1.94. The first-order valence-corrected chi connectivity index (χ1v) is 7.25. The smallest absolute Gasteiger partial charge is 0.226 e. The molecule has 2 unspecified atom stereocenters. The van der Waals surface area contributed by atoms with Crippen LogP contribution in [0.25, 0.3) is 0 Å². The van der Waals surface area contributed by atoms with Gasteiger partial charge in [0.15, 0.2) is 5.82 Å². The largest absolute Gasteiger partial charge is 0.339 e. The maximum absolute atomic E-state index is 5.65. The molecule has 1 aliphatic carbocycles. The summed E-state index contributed by atoms with van der Waals surface area (Å²) < 4.78 is 5.27. The molecule has 0 spiro atoms. The fourth-order valence-corrected chi connectivity index (χ4v) is 2.78. The molecule has 0 aliphatic heterocycles. The van der Waals surface area contributed by atoms with Gasteiger partial charge in [0, 0.05) is 18.2 Å². The molecular weight excluding hydrogens is 236 g/mol. The third kappa shape index (κ3) is 3.44. The fourth-order valence-electron chi connectivity index (χ4n) is 2.65. The Labute approximate surface area is 108 Å². The summed E-state index contributed by atoms with van der Waals surface area (Å²) in [5.41, 5.74) is 0. The highest BCUT2D eigenvalue weighted by molar-refractivity contribution is 6.17. The van der Waals surface area contributed by atoms with Gasteiger partial charge in [-0.25, -0.2) is 0 Å². The number of rotatable bonds is 5. The normalized spacial score (nSPS) is 25.1. The van der Waals surface area contributed by atoms with Crippen molar-refractivity contribution in [2.45, 2.75) is 57.8 Å². The molecule has 1 aromatic heterocycles. The molecular formula is C13H21ClN2O. The minimum atomic E-state index is 0.516. The molecule has 0 bridgehead atoms. The van der Waals surface area contributed by atoms with Crippen LogP contribution in [-0.2, 0) is 6.42 Å². The lowest BCUT2D eigenvalue weighted by molar-refractivity contribution is 0.298. The van der Waals surface area contributed by atoms with Crippen molar-refractivity contribution >= 4 is 11.6 Å². The van der Waals surface area contributed by atoms with E-state index < -0.39 is 0 Å². The highest BCUT2D eigenvalue weighted by atomic mass is 35.5. The van der Waals surface area contributed by atoms with E-state index in [0.717, 1.165) is 30.5 Å². The number of hydrogen-bond donors (Lipinski definition) is 0. The topological polar surface area (TPSA) is 38.9 Å². The average molecular weight is 257 g/mol. The predicted molar refractivity (Wildman–Crippen MR) is 68.3 cm³/mol. The van der Waals surface area contributed by atoms with Gasteiger partial charge in [-0.15, -0.1) is 11.6 Å². The van der Waals surface area contributed by atoms with Crippen LogP contribution in [-0.4, -0.2) is 16.0 Å². The van der Waals surface area contributed by atoms with E-state index in [9.17, 15) is 0 Å². The molecule has 0 saturated heterocycles. The molecule has 1 fully saturated rings. The van der Waals surface area contributed by atoms with Crippen molar-refractivity contribution in [2.24, 2.45) is 5.92 Å². The van der Waals surface area contributed by atoms with Gasteiger partial charge in [-0.3, -0.25) is 0 Å². The molecule has 1 aliphatic rings. The van der Waals surface area contributed by atoms with E-state index in [2.05, 4.69) is 17.1 Å². The lowest BCUT2D eigenvalue weighted by Gasteiger charge is -2.26. The van der Waals surface area contributed by atoms with Crippen LogP contribution in [0.3, 0.4) is 0 Å². The van der Waals surface area contributed by atoms with Gasteiger partial charge in [-0.1, -0.05) is 31.3 Å². The zero-order valence-electron chi connectivity index (χ0n) is 10.5. The number of hydrogen-bond acceptors (Lipinski definition) is 3. The summed E-state index contributed by atoms with van der Waals surface area (Å²) in [7, 11) is 0. The highest BCUT2D eigenvalue weighted by Crippen LogP contribution is 2.36. The molecule has 2 rings (SSSR count). The minimum absolute atomic E-state index is 0.516. The van der Waals surface area contributed by atoms with Gasteiger partial charge < -0.3 is 4.52 Å².